The third kappa shape index (κ3) is 2.42. The predicted octanol–water partition coefficient (Wildman–Crippen LogP) is 2.80. The summed E-state index contributed by atoms with van der Waals surface area (Å²) >= 11 is 3.31. The zero-order valence-corrected chi connectivity index (χ0v) is 10.8. The topological polar surface area (TPSA) is 50.1 Å². The van der Waals surface area contributed by atoms with Gasteiger partial charge in [0.1, 0.15) is 0 Å². The second kappa shape index (κ2) is 5.66. The molecule has 0 saturated carbocycles. The van der Waals surface area contributed by atoms with E-state index in [-0.39, 0.29) is 0 Å². The molecule has 0 amide bonds. The third-order valence-corrected chi connectivity index (χ3v) is 2.99. The molecule has 0 aromatic heterocycles. The van der Waals surface area contributed by atoms with Gasteiger partial charge in [-0.25, -0.2) is 4.79 Å². The number of nitriles is 1. The summed E-state index contributed by atoms with van der Waals surface area (Å²) in [5, 5.41) is 9.64. The summed E-state index contributed by atoms with van der Waals surface area (Å²) in [5.74, 6) is -0.392. The Bertz CT molecular complexity index is 449. The number of rotatable bonds is 3. The van der Waals surface area contributed by atoms with Crippen LogP contribution < -0.4 is 0 Å². The average Bonchev–Trinajstić information content (AvgIpc) is 2.35. The van der Waals surface area contributed by atoms with Gasteiger partial charge >= 0.3 is 5.97 Å². The molecule has 0 unspecified atom stereocenters. The van der Waals surface area contributed by atoms with Gasteiger partial charge in [0.25, 0.3) is 0 Å². The van der Waals surface area contributed by atoms with Crippen molar-refractivity contribution in [2.45, 2.75) is 18.7 Å². The fraction of sp³-hybridized carbons (Fsp3) is 0.333. The van der Waals surface area contributed by atoms with Crippen LogP contribution in [-0.2, 0) is 16.5 Å². The van der Waals surface area contributed by atoms with Crippen molar-refractivity contribution in [1.29, 1.82) is 5.26 Å². The Kier molecular flexibility index (Phi) is 4.51. The number of hydrogen-bond acceptors (Lipinski definition) is 3. The Hall–Kier alpha value is -1.34. The van der Waals surface area contributed by atoms with Gasteiger partial charge in [0.15, 0.2) is 0 Å². The Labute approximate surface area is 103 Å². The van der Waals surface area contributed by atoms with Crippen LogP contribution in [0.2, 0.25) is 0 Å². The van der Waals surface area contributed by atoms with Crippen LogP contribution in [0, 0.1) is 11.3 Å². The molecule has 1 rings (SSSR count). The van der Waals surface area contributed by atoms with Gasteiger partial charge < -0.3 is 4.74 Å². The maximum absolute atomic E-state index is 11.6. The lowest BCUT2D eigenvalue weighted by Gasteiger charge is -2.09. The highest BCUT2D eigenvalue weighted by Crippen LogP contribution is 2.20. The highest BCUT2D eigenvalue weighted by atomic mass is 79.9. The van der Waals surface area contributed by atoms with Gasteiger partial charge in [-0.2, -0.15) is 5.26 Å². The molecule has 84 valence electrons. The molecule has 4 heteroatoms. The number of carbonyl (C=O) groups excluding carboxylic acids is 1. The van der Waals surface area contributed by atoms with Crippen molar-refractivity contribution < 1.29 is 9.53 Å². The first-order chi connectivity index (χ1) is 7.67. The van der Waals surface area contributed by atoms with Gasteiger partial charge in [0.2, 0.25) is 0 Å². The standard InChI is InChI=1S/C12H12BrNO2/c1-3-10-9(7-14)4-8(6-13)5-11(10)12(15)16-2/h4-5H,3,6H2,1-2H3. The molecule has 0 aliphatic carbocycles. The number of hydrogen-bond donors (Lipinski definition) is 0. The lowest BCUT2D eigenvalue weighted by Crippen LogP contribution is -2.08. The Morgan fingerprint density at radius 2 is 2.25 bits per heavy atom. The van der Waals surface area contributed by atoms with Crippen molar-refractivity contribution in [2.75, 3.05) is 7.11 Å². The second-order valence-electron chi connectivity index (χ2n) is 3.26. The molecule has 16 heavy (non-hydrogen) atoms. The summed E-state index contributed by atoms with van der Waals surface area (Å²) in [6.45, 7) is 1.91. The maximum Gasteiger partial charge on any atom is 0.338 e. The minimum Gasteiger partial charge on any atom is -0.465 e. The molecule has 0 saturated heterocycles. The Balaban J connectivity index is 3.44. The molecule has 0 bridgehead atoms. The van der Waals surface area contributed by atoms with Crippen LogP contribution >= 0.6 is 15.9 Å². The molecule has 0 aliphatic rings. The first kappa shape index (κ1) is 12.7. The molecule has 3 nitrogen and oxygen atoms in total. The first-order valence-corrected chi connectivity index (χ1v) is 6.00. The molecular weight excluding hydrogens is 270 g/mol. The van der Waals surface area contributed by atoms with Crippen molar-refractivity contribution in [3.63, 3.8) is 0 Å². The van der Waals surface area contributed by atoms with Gasteiger partial charge in [-0.05, 0) is 29.7 Å². The van der Waals surface area contributed by atoms with E-state index in [9.17, 15) is 4.79 Å². The van der Waals surface area contributed by atoms with E-state index in [2.05, 4.69) is 22.0 Å². The quantitative estimate of drug-likeness (QED) is 0.632. The second-order valence-corrected chi connectivity index (χ2v) is 3.82. The first-order valence-electron chi connectivity index (χ1n) is 4.88. The molecule has 0 heterocycles. The lowest BCUT2D eigenvalue weighted by atomic mass is 9.97. The van der Waals surface area contributed by atoms with E-state index >= 15 is 0 Å². The van der Waals surface area contributed by atoms with Gasteiger partial charge in [-0.3, -0.25) is 0 Å². The number of alkyl halides is 1. The van der Waals surface area contributed by atoms with Gasteiger partial charge in [0.05, 0.1) is 24.3 Å². The van der Waals surface area contributed by atoms with E-state index < -0.39 is 5.97 Å². The number of carbonyl (C=O) groups is 1. The van der Waals surface area contributed by atoms with E-state index in [0.29, 0.717) is 22.9 Å². The van der Waals surface area contributed by atoms with Crippen molar-refractivity contribution >= 4 is 21.9 Å². The van der Waals surface area contributed by atoms with Gasteiger partial charge in [-0.15, -0.1) is 0 Å². The van der Waals surface area contributed by atoms with Crippen LogP contribution in [0.5, 0.6) is 0 Å². The van der Waals surface area contributed by atoms with Crippen molar-refractivity contribution in [3.8, 4) is 6.07 Å². The van der Waals surface area contributed by atoms with Gasteiger partial charge in [-0.1, -0.05) is 22.9 Å². The van der Waals surface area contributed by atoms with Crippen LogP contribution in [0.3, 0.4) is 0 Å². The van der Waals surface area contributed by atoms with Crippen LogP contribution in [0.15, 0.2) is 12.1 Å². The van der Waals surface area contributed by atoms with E-state index in [1.807, 2.05) is 6.92 Å². The van der Waals surface area contributed by atoms with Crippen LogP contribution in [0.1, 0.15) is 34.0 Å². The Morgan fingerprint density at radius 3 is 2.69 bits per heavy atom. The summed E-state index contributed by atoms with van der Waals surface area (Å²) in [5.41, 5.74) is 2.67. The minimum atomic E-state index is -0.392. The normalized spacial score (nSPS) is 9.62. The van der Waals surface area contributed by atoms with E-state index in [1.54, 1.807) is 12.1 Å². The zero-order valence-electron chi connectivity index (χ0n) is 9.21. The van der Waals surface area contributed by atoms with E-state index in [1.165, 1.54) is 7.11 Å². The fourth-order valence-corrected chi connectivity index (χ4v) is 1.91. The molecular formula is C12H12BrNO2. The highest BCUT2D eigenvalue weighted by molar-refractivity contribution is 9.08. The fourth-order valence-electron chi connectivity index (χ4n) is 1.58. The van der Waals surface area contributed by atoms with Crippen LogP contribution in [0.4, 0.5) is 0 Å². The number of methoxy groups -OCH3 is 1. The summed E-state index contributed by atoms with van der Waals surface area (Å²) in [7, 11) is 1.34. The SMILES string of the molecule is CCc1c(C#N)cc(CBr)cc1C(=O)OC. The monoisotopic (exact) mass is 281 g/mol. The number of nitrogens with zero attached hydrogens (tertiary/aromatic N) is 1. The van der Waals surface area contributed by atoms with Crippen molar-refractivity contribution in [1.82, 2.24) is 0 Å². The summed E-state index contributed by atoms with van der Waals surface area (Å²) in [6.07, 6.45) is 0.635. The van der Waals surface area contributed by atoms with Crippen molar-refractivity contribution in [2.24, 2.45) is 0 Å². The zero-order chi connectivity index (χ0) is 12.1. The number of esters is 1. The van der Waals surface area contributed by atoms with Crippen LogP contribution in [0.25, 0.3) is 0 Å². The molecule has 0 N–H and O–H groups in total. The molecule has 0 radical (unpaired) electrons. The van der Waals surface area contributed by atoms with E-state index in [4.69, 9.17) is 10.00 Å². The average molecular weight is 282 g/mol. The number of halogens is 1. The lowest BCUT2D eigenvalue weighted by molar-refractivity contribution is 0.0599. The van der Waals surface area contributed by atoms with E-state index in [0.717, 1.165) is 11.1 Å². The molecule has 1 aromatic carbocycles. The van der Waals surface area contributed by atoms with Gasteiger partial charge in [0, 0.05) is 5.33 Å². The number of benzene rings is 1. The van der Waals surface area contributed by atoms with Crippen LogP contribution in [-0.4, -0.2) is 13.1 Å². The summed E-state index contributed by atoms with van der Waals surface area (Å²) in [6, 6.07) is 5.67. The maximum atomic E-state index is 11.6. The molecule has 0 aliphatic heterocycles. The Morgan fingerprint density at radius 1 is 1.56 bits per heavy atom. The summed E-state index contributed by atoms with van der Waals surface area (Å²) in [4.78, 5) is 11.6. The molecule has 1 aromatic rings. The number of ether oxygens (including phenoxy) is 1. The highest BCUT2D eigenvalue weighted by Gasteiger charge is 2.15. The third-order valence-electron chi connectivity index (χ3n) is 2.34. The summed E-state index contributed by atoms with van der Waals surface area (Å²) < 4.78 is 4.71. The minimum absolute atomic E-state index is 0.392. The molecule has 0 spiro atoms. The predicted molar refractivity (Wildman–Crippen MR) is 64.5 cm³/mol. The smallest absolute Gasteiger partial charge is 0.338 e. The molecule has 0 atom stereocenters. The largest absolute Gasteiger partial charge is 0.465 e. The molecule has 0 fully saturated rings. The van der Waals surface area contributed by atoms with Crippen molar-refractivity contribution in [3.05, 3.63) is 34.4 Å².